The fourth-order valence-electron chi connectivity index (χ4n) is 2.11. The molecule has 0 bridgehead atoms. The van der Waals surface area contributed by atoms with Crippen LogP contribution in [-0.2, 0) is 20.9 Å². The van der Waals surface area contributed by atoms with Crippen molar-refractivity contribution < 1.29 is 23.5 Å². The highest BCUT2D eigenvalue weighted by molar-refractivity contribution is 8.00. The summed E-state index contributed by atoms with van der Waals surface area (Å²) in [5.41, 5.74) is 0.861. The number of nitrogens with one attached hydrogen (secondary N) is 1. The molecule has 1 amide bonds. The summed E-state index contributed by atoms with van der Waals surface area (Å²) in [4.78, 5) is 24.8. The zero-order chi connectivity index (χ0) is 19.6. The molecule has 2 rings (SSSR count). The van der Waals surface area contributed by atoms with Crippen molar-refractivity contribution in [3.63, 3.8) is 0 Å². The molecule has 0 atom stereocenters. The van der Waals surface area contributed by atoms with Crippen molar-refractivity contribution in [1.29, 1.82) is 0 Å². The Balaban J connectivity index is 1.95. The number of amides is 1. The lowest BCUT2D eigenvalue weighted by Crippen LogP contribution is -2.28. The van der Waals surface area contributed by atoms with Crippen LogP contribution in [-0.4, -0.2) is 37.9 Å². The molecule has 2 aromatic carbocycles. The van der Waals surface area contributed by atoms with Gasteiger partial charge in [0.2, 0.25) is 5.91 Å². The van der Waals surface area contributed by atoms with Crippen molar-refractivity contribution in [2.24, 2.45) is 0 Å². The molecule has 0 aliphatic rings. The Hall–Kier alpha value is -2.09. The third kappa shape index (κ3) is 6.86. The van der Waals surface area contributed by atoms with E-state index >= 15 is 0 Å². The second-order valence-corrected chi connectivity index (χ2v) is 6.86. The monoisotopic (exact) mass is 411 g/mol. The molecular weight excluding hydrogens is 393 g/mol. The van der Waals surface area contributed by atoms with E-state index in [0.29, 0.717) is 29.2 Å². The number of thioether (sulfide) groups is 1. The lowest BCUT2D eigenvalue weighted by Gasteiger charge is -2.10. The van der Waals surface area contributed by atoms with Gasteiger partial charge < -0.3 is 14.8 Å². The predicted octanol–water partition coefficient (Wildman–Crippen LogP) is 3.69. The van der Waals surface area contributed by atoms with Crippen LogP contribution in [0.2, 0.25) is 5.02 Å². The highest BCUT2D eigenvalue weighted by Gasteiger charge is 2.15. The van der Waals surface area contributed by atoms with Crippen LogP contribution in [0.4, 0.5) is 4.39 Å². The number of hydrogen-bond donors (Lipinski definition) is 1. The minimum absolute atomic E-state index is 0.0749. The van der Waals surface area contributed by atoms with Crippen molar-refractivity contribution in [2.45, 2.75) is 11.5 Å². The maximum atomic E-state index is 13.1. The van der Waals surface area contributed by atoms with Gasteiger partial charge in [0.05, 0.1) is 22.9 Å². The number of esters is 1. The van der Waals surface area contributed by atoms with E-state index in [1.165, 1.54) is 23.9 Å². The highest BCUT2D eigenvalue weighted by atomic mass is 35.5. The van der Waals surface area contributed by atoms with E-state index in [4.69, 9.17) is 21.1 Å². The molecule has 0 fully saturated rings. The number of carbonyl (C=O) groups is 2. The first-order valence-electron chi connectivity index (χ1n) is 8.09. The summed E-state index contributed by atoms with van der Waals surface area (Å²) in [6.45, 7) is 0.789. The molecule has 144 valence electrons. The van der Waals surface area contributed by atoms with E-state index < -0.39 is 11.8 Å². The first-order chi connectivity index (χ1) is 13.0. The fourth-order valence-corrected chi connectivity index (χ4v) is 3.20. The zero-order valence-electron chi connectivity index (χ0n) is 14.7. The van der Waals surface area contributed by atoms with Crippen LogP contribution in [0.25, 0.3) is 0 Å². The Kier molecular flexibility index (Phi) is 8.57. The van der Waals surface area contributed by atoms with Crippen molar-refractivity contribution in [3.8, 4) is 0 Å². The molecule has 27 heavy (non-hydrogen) atoms. The van der Waals surface area contributed by atoms with Gasteiger partial charge in [-0.25, -0.2) is 9.18 Å². The number of hydrogen-bond acceptors (Lipinski definition) is 5. The molecule has 2 aromatic rings. The van der Waals surface area contributed by atoms with Crippen LogP contribution in [0.5, 0.6) is 0 Å². The largest absolute Gasteiger partial charge is 0.457 e. The van der Waals surface area contributed by atoms with E-state index in [0.717, 1.165) is 6.07 Å². The fraction of sp³-hybridized carbons (Fsp3) is 0.263. The Morgan fingerprint density at radius 1 is 1.22 bits per heavy atom. The molecule has 8 heteroatoms. The van der Waals surface area contributed by atoms with Gasteiger partial charge in [-0.05, 0) is 24.3 Å². The smallest absolute Gasteiger partial charge is 0.339 e. The van der Waals surface area contributed by atoms with Gasteiger partial charge >= 0.3 is 5.97 Å². The summed E-state index contributed by atoms with van der Waals surface area (Å²) >= 11 is 7.18. The Morgan fingerprint density at radius 3 is 2.74 bits per heavy atom. The second kappa shape index (κ2) is 10.9. The summed E-state index contributed by atoms with van der Waals surface area (Å²) in [7, 11) is 1.56. The number of halogens is 2. The summed E-state index contributed by atoms with van der Waals surface area (Å²) < 4.78 is 23.2. The normalized spacial score (nSPS) is 10.5. The van der Waals surface area contributed by atoms with E-state index in [9.17, 15) is 14.0 Å². The van der Waals surface area contributed by atoms with Crippen LogP contribution in [0.3, 0.4) is 0 Å². The van der Waals surface area contributed by atoms with Crippen LogP contribution in [0, 0.1) is 5.82 Å². The molecule has 0 saturated carbocycles. The number of rotatable bonds is 9. The summed E-state index contributed by atoms with van der Waals surface area (Å²) in [5, 5.41) is 2.91. The minimum Gasteiger partial charge on any atom is -0.457 e. The third-order valence-corrected chi connectivity index (χ3v) is 4.89. The lowest BCUT2D eigenvalue weighted by atomic mass is 10.2. The van der Waals surface area contributed by atoms with Gasteiger partial charge in [0, 0.05) is 24.1 Å². The molecule has 5 nitrogen and oxygen atoms in total. The maximum absolute atomic E-state index is 13.1. The molecule has 0 radical (unpaired) electrons. The Labute approximate surface area is 166 Å². The van der Waals surface area contributed by atoms with E-state index in [1.807, 2.05) is 0 Å². The summed E-state index contributed by atoms with van der Waals surface area (Å²) in [6, 6.07) is 10.7. The minimum atomic E-state index is -0.543. The first kappa shape index (κ1) is 21.2. The molecule has 0 spiro atoms. The molecule has 0 aliphatic carbocycles. The topological polar surface area (TPSA) is 64.6 Å². The summed E-state index contributed by atoms with van der Waals surface area (Å²) in [6.07, 6.45) is 0. The molecule has 1 N–H and O–H groups in total. The number of carbonyl (C=O) groups excluding carboxylic acids is 2. The predicted molar refractivity (Wildman–Crippen MR) is 103 cm³/mol. The lowest BCUT2D eigenvalue weighted by molar-refractivity contribution is -0.118. The van der Waals surface area contributed by atoms with Crippen molar-refractivity contribution in [2.75, 3.05) is 26.0 Å². The van der Waals surface area contributed by atoms with E-state index in [-0.39, 0.29) is 23.3 Å². The zero-order valence-corrected chi connectivity index (χ0v) is 16.2. The molecule has 0 aliphatic heterocycles. The number of benzene rings is 2. The number of methoxy groups -OCH3 is 1. The van der Waals surface area contributed by atoms with Crippen LogP contribution < -0.4 is 5.32 Å². The van der Waals surface area contributed by atoms with Gasteiger partial charge in [-0.2, -0.15) is 0 Å². The van der Waals surface area contributed by atoms with Crippen LogP contribution in [0.15, 0.2) is 47.4 Å². The molecule has 0 saturated heterocycles. The standard InChI is InChI=1S/C19H19ClFNO4S/c1-25-9-8-22-18(23)12-27-17-5-3-2-4-15(17)19(24)26-11-13-6-7-14(21)10-16(13)20/h2-7,10H,8-9,11-12H2,1H3,(H,22,23). The van der Waals surface area contributed by atoms with Gasteiger partial charge in [-0.3, -0.25) is 4.79 Å². The second-order valence-electron chi connectivity index (χ2n) is 5.44. The highest BCUT2D eigenvalue weighted by Crippen LogP contribution is 2.24. The van der Waals surface area contributed by atoms with Crippen LogP contribution in [0.1, 0.15) is 15.9 Å². The quantitative estimate of drug-likeness (QED) is 0.387. The van der Waals surface area contributed by atoms with Gasteiger partial charge in [0.15, 0.2) is 0 Å². The summed E-state index contributed by atoms with van der Waals surface area (Å²) in [5.74, 6) is -0.991. The molecule has 0 heterocycles. The van der Waals surface area contributed by atoms with Crippen LogP contribution >= 0.6 is 23.4 Å². The van der Waals surface area contributed by atoms with Crippen molar-refractivity contribution in [1.82, 2.24) is 5.32 Å². The van der Waals surface area contributed by atoms with Gasteiger partial charge in [-0.15, -0.1) is 11.8 Å². The Morgan fingerprint density at radius 2 is 2.00 bits per heavy atom. The van der Waals surface area contributed by atoms with E-state index in [2.05, 4.69) is 5.32 Å². The van der Waals surface area contributed by atoms with E-state index in [1.54, 1.807) is 31.4 Å². The van der Waals surface area contributed by atoms with Gasteiger partial charge in [0.25, 0.3) is 0 Å². The maximum Gasteiger partial charge on any atom is 0.339 e. The molecular formula is C19H19ClFNO4S. The number of ether oxygens (including phenoxy) is 2. The third-order valence-electron chi connectivity index (χ3n) is 3.47. The first-order valence-corrected chi connectivity index (χ1v) is 9.46. The molecule has 0 aromatic heterocycles. The van der Waals surface area contributed by atoms with Crippen molar-refractivity contribution in [3.05, 3.63) is 64.4 Å². The van der Waals surface area contributed by atoms with Gasteiger partial charge in [-0.1, -0.05) is 29.8 Å². The Bertz CT molecular complexity index is 803. The SMILES string of the molecule is COCCNC(=O)CSc1ccccc1C(=O)OCc1ccc(F)cc1Cl. The van der Waals surface area contributed by atoms with Gasteiger partial charge in [0.1, 0.15) is 12.4 Å². The average molecular weight is 412 g/mol. The molecule has 0 unspecified atom stereocenters. The average Bonchev–Trinajstić information content (AvgIpc) is 2.66. The van der Waals surface area contributed by atoms with Crippen molar-refractivity contribution >= 4 is 35.2 Å².